The first-order valence-electron chi connectivity index (χ1n) is 17.2. The first kappa shape index (κ1) is 40.9. The number of carbonyl (C=O) groups excluding carboxylic acids is 4. The van der Waals surface area contributed by atoms with Crippen LogP contribution < -0.4 is 16.0 Å². The van der Waals surface area contributed by atoms with Crippen LogP contribution >= 0.6 is 0 Å². The van der Waals surface area contributed by atoms with Gasteiger partial charge in [-0.3, -0.25) is 24.0 Å². The summed E-state index contributed by atoms with van der Waals surface area (Å²) in [5, 5.41) is 18.4. The zero-order valence-corrected chi connectivity index (χ0v) is 27.6. The number of carbonyl (C=O) groups is 5. The molecule has 0 aromatic carbocycles. The second-order valence-corrected chi connectivity index (χ2v) is 12.0. The van der Waals surface area contributed by atoms with Gasteiger partial charge in [0, 0.05) is 27.2 Å². The lowest BCUT2D eigenvalue weighted by Gasteiger charge is -2.17. The number of ketones is 3. The molecule has 252 valence electrons. The molecule has 0 heterocycles. The van der Waals surface area contributed by atoms with E-state index in [1.54, 1.807) is 0 Å². The number of nitrogens with one attached hydrogen (secondary N) is 3. The standard InChI is InChI=1S/C34H63N3O6.H2/c1-4-6-7-8-9-10-11-12-13-14-15-16-17-20-30(39)25-29(34(42)43)22-23-33(41)37-24-19-18-21-31(36-5-2)32(40)27-35-26-28(3)38;/h29,31,35-36H,4-27H2,1-3H3,(H,37,41)(H,42,43);1H/t29-,31+;/m1./s1. The zero-order chi connectivity index (χ0) is 32.1. The van der Waals surface area contributed by atoms with Gasteiger partial charge in [0.1, 0.15) is 11.6 Å². The van der Waals surface area contributed by atoms with Gasteiger partial charge in [0.25, 0.3) is 0 Å². The minimum atomic E-state index is -1.02. The molecule has 9 nitrogen and oxygen atoms in total. The van der Waals surface area contributed by atoms with Crippen molar-refractivity contribution in [2.24, 2.45) is 5.92 Å². The Hall–Kier alpha value is -2.13. The van der Waals surface area contributed by atoms with Crippen molar-refractivity contribution in [3.8, 4) is 0 Å². The van der Waals surface area contributed by atoms with Crippen LogP contribution in [0.1, 0.15) is 151 Å². The van der Waals surface area contributed by atoms with E-state index in [0.717, 1.165) is 25.7 Å². The van der Waals surface area contributed by atoms with Crippen molar-refractivity contribution in [3.63, 3.8) is 0 Å². The highest BCUT2D eigenvalue weighted by Crippen LogP contribution is 2.17. The Labute approximate surface area is 263 Å². The second kappa shape index (κ2) is 28.6. The van der Waals surface area contributed by atoms with Gasteiger partial charge in [-0.05, 0) is 45.6 Å². The minimum Gasteiger partial charge on any atom is -0.481 e. The maximum atomic E-state index is 12.4. The van der Waals surface area contributed by atoms with Crippen LogP contribution in [-0.2, 0) is 24.0 Å². The number of amides is 1. The Kier molecular flexibility index (Phi) is 27.2. The number of carboxylic acid groups (broad SMARTS) is 1. The highest BCUT2D eigenvalue weighted by molar-refractivity contribution is 5.86. The number of Topliss-reactive ketones (excluding diaryl/α,β-unsaturated/α-hetero) is 3. The number of likely N-dealkylation sites (N-methyl/N-ethyl adjacent to an activating group) is 1. The van der Waals surface area contributed by atoms with Crippen LogP contribution in [0, 0.1) is 5.92 Å². The van der Waals surface area contributed by atoms with E-state index in [-0.39, 0.29) is 63.1 Å². The van der Waals surface area contributed by atoms with Crippen molar-refractivity contribution >= 4 is 29.2 Å². The average Bonchev–Trinajstić information content (AvgIpc) is 2.96. The third kappa shape index (κ3) is 26.0. The third-order valence-electron chi connectivity index (χ3n) is 7.86. The molecule has 0 aromatic rings. The summed E-state index contributed by atoms with van der Waals surface area (Å²) in [7, 11) is 0. The maximum absolute atomic E-state index is 12.4. The lowest BCUT2D eigenvalue weighted by atomic mass is 9.94. The Bertz CT molecular complexity index is 780. The van der Waals surface area contributed by atoms with Crippen molar-refractivity contribution in [1.82, 2.24) is 16.0 Å². The largest absolute Gasteiger partial charge is 0.481 e. The van der Waals surface area contributed by atoms with Gasteiger partial charge in [0.2, 0.25) is 5.91 Å². The molecular weight excluding hydrogens is 546 g/mol. The highest BCUT2D eigenvalue weighted by Gasteiger charge is 2.22. The number of rotatable bonds is 32. The fraction of sp³-hybridized carbons (Fsp3) is 0.853. The summed E-state index contributed by atoms with van der Waals surface area (Å²) < 4.78 is 0. The molecule has 0 spiro atoms. The smallest absolute Gasteiger partial charge is 0.306 e. The van der Waals surface area contributed by atoms with E-state index in [1.165, 1.54) is 71.1 Å². The van der Waals surface area contributed by atoms with Crippen LogP contribution in [0.4, 0.5) is 0 Å². The van der Waals surface area contributed by atoms with Gasteiger partial charge in [-0.1, -0.05) is 90.9 Å². The molecule has 0 rings (SSSR count). The van der Waals surface area contributed by atoms with E-state index in [2.05, 4.69) is 22.9 Å². The van der Waals surface area contributed by atoms with Gasteiger partial charge in [-0.2, -0.15) is 0 Å². The molecular formula is C34H65N3O6. The summed E-state index contributed by atoms with van der Waals surface area (Å²) >= 11 is 0. The average molecular weight is 612 g/mol. The van der Waals surface area contributed by atoms with Crippen LogP contribution in [-0.4, -0.2) is 66.6 Å². The molecule has 9 heteroatoms. The first-order valence-corrected chi connectivity index (χ1v) is 17.2. The third-order valence-corrected chi connectivity index (χ3v) is 7.86. The Morgan fingerprint density at radius 3 is 1.81 bits per heavy atom. The summed E-state index contributed by atoms with van der Waals surface area (Å²) in [6.07, 6.45) is 18.8. The summed E-state index contributed by atoms with van der Waals surface area (Å²) in [5.74, 6) is -2.11. The molecule has 0 aliphatic rings. The molecule has 0 fully saturated rings. The van der Waals surface area contributed by atoms with E-state index in [1.807, 2.05) is 6.92 Å². The van der Waals surface area contributed by atoms with Crippen molar-refractivity contribution in [2.45, 2.75) is 155 Å². The molecule has 0 bridgehead atoms. The lowest BCUT2D eigenvalue weighted by molar-refractivity contribution is -0.144. The van der Waals surface area contributed by atoms with Gasteiger partial charge >= 0.3 is 5.97 Å². The fourth-order valence-corrected chi connectivity index (χ4v) is 5.23. The summed E-state index contributed by atoms with van der Waals surface area (Å²) in [6, 6.07) is -0.297. The van der Waals surface area contributed by atoms with Crippen LogP contribution in [0.15, 0.2) is 0 Å². The number of unbranched alkanes of at least 4 members (excludes halogenated alkanes) is 13. The van der Waals surface area contributed by atoms with E-state index in [0.29, 0.717) is 32.4 Å². The summed E-state index contributed by atoms with van der Waals surface area (Å²) in [6.45, 7) is 7.07. The SMILES string of the molecule is CCCCCCCCCCCCCCCC(=O)C[C@@H](CCC(=O)NCCCC[C@H](NCC)C(=O)CNCC(C)=O)C(=O)O.[HH]. The predicted octanol–water partition coefficient (Wildman–Crippen LogP) is 6.17. The Morgan fingerprint density at radius 2 is 1.28 bits per heavy atom. The monoisotopic (exact) mass is 611 g/mol. The molecule has 0 aliphatic carbocycles. The fourth-order valence-electron chi connectivity index (χ4n) is 5.23. The molecule has 0 unspecified atom stereocenters. The molecule has 4 N–H and O–H groups in total. The van der Waals surface area contributed by atoms with Crippen molar-refractivity contribution in [2.75, 3.05) is 26.2 Å². The van der Waals surface area contributed by atoms with Gasteiger partial charge < -0.3 is 21.1 Å². The molecule has 0 aromatic heterocycles. The molecule has 2 atom stereocenters. The van der Waals surface area contributed by atoms with Crippen molar-refractivity contribution in [1.29, 1.82) is 0 Å². The molecule has 0 saturated carbocycles. The van der Waals surface area contributed by atoms with Gasteiger partial charge in [-0.15, -0.1) is 0 Å². The second-order valence-electron chi connectivity index (χ2n) is 12.0. The van der Waals surface area contributed by atoms with Gasteiger partial charge in [-0.25, -0.2) is 0 Å². The summed E-state index contributed by atoms with van der Waals surface area (Å²) in [4.78, 5) is 59.7. The van der Waals surface area contributed by atoms with Crippen LogP contribution in [0.3, 0.4) is 0 Å². The molecule has 0 radical (unpaired) electrons. The predicted molar refractivity (Wildman–Crippen MR) is 175 cm³/mol. The molecule has 43 heavy (non-hydrogen) atoms. The van der Waals surface area contributed by atoms with Gasteiger partial charge in [0.15, 0.2) is 5.78 Å². The number of carboxylic acids is 1. The van der Waals surface area contributed by atoms with Gasteiger partial charge in [0.05, 0.1) is 25.0 Å². The van der Waals surface area contributed by atoms with E-state index >= 15 is 0 Å². The van der Waals surface area contributed by atoms with Crippen molar-refractivity contribution in [3.05, 3.63) is 0 Å². The quantitative estimate of drug-likeness (QED) is 0.0662. The van der Waals surface area contributed by atoms with Crippen LogP contribution in [0.2, 0.25) is 0 Å². The van der Waals surface area contributed by atoms with E-state index < -0.39 is 11.9 Å². The highest BCUT2D eigenvalue weighted by atomic mass is 16.4. The topological polar surface area (TPSA) is 142 Å². The lowest BCUT2D eigenvalue weighted by Crippen LogP contribution is -2.42. The summed E-state index contributed by atoms with van der Waals surface area (Å²) in [5.41, 5.74) is 0. The maximum Gasteiger partial charge on any atom is 0.306 e. The number of hydrogen-bond donors (Lipinski definition) is 4. The minimum absolute atomic E-state index is 0. The Morgan fingerprint density at radius 1 is 0.698 bits per heavy atom. The molecule has 0 aliphatic heterocycles. The number of aliphatic carboxylic acids is 1. The molecule has 1 amide bonds. The Balaban J connectivity index is 0. The van der Waals surface area contributed by atoms with Crippen molar-refractivity contribution < 1.29 is 30.5 Å². The van der Waals surface area contributed by atoms with Crippen LogP contribution in [0.5, 0.6) is 0 Å². The number of hydrogen-bond acceptors (Lipinski definition) is 7. The van der Waals surface area contributed by atoms with Crippen LogP contribution in [0.25, 0.3) is 0 Å². The van der Waals surface area contributed by atoms with E-state index in [4.69, 9.17) is 0 Å². The normalized spacial score (nSPS) is 12.5. The van der Waals surface area contributed by atoms with E-state index in [9.17, 15) is 29.1 Å². The zero-order valence-electron chi connectivity index (χ0n) is 27.6. The first-order chi connectivity index (χ1) is 20.7. The molecule has 0 saturated heterocycles.